The highest BCUT2D eigenvalue weighted by atomic mass is 32.1. The molecule has 2 nitrogen and oxygen atoms in total. The topological polar surface area (TPSA) is 33.1 Å². The second-order valence-electron chi connectivity index (χ2n) is 3.49. The summed E-state index contributed by atoms with van der Waals surface area (Å²) < 4.78 is 0. The van der Waals surface area contributed by atoms with Gasteiger partial charge in [-0.25, -0.2) is 4.98 Å². The molecule has 0 bridgehead atoms. The molecule has 2 rings (SSSR count). The molecule has 0 aliphatic heterocycles. The summed E-state index contributed by atoms with van der Waals surface area (Å²) in [6.45, 7) is 1.82. The molecule has 1 heterocycles. The molecule has 1 N–H and O–H groups in total. The van der Waals surface area contributed by atoms with Crippen molar-refractivity contribution < 1.29 is 5.11 Å². The fraction of sp³-hybridized carbons (Fsp3) is 0.667. The Morgan fingerprint density at radius 1 is 1.75 bits per heavy atom. The van der Waals surface area contributed by atoms with Gasteiger partial charge in [0.25, 0.3) is 0 Å². The monoisotopic (exact) mass is 183 g/mol. The fourth-order valence-corrected chi connectivity index (χ4v) is 2.43. The highest BCUT2D eigenvalue weighted by Gasteiger charge is 2.26. The molecule has 1 fully saturated rings. The van der Waals surface area contributed by atoms with Crippen molar-refractivity contribution in [1.82, 2.24) is 4.98 Å². The average molecular weight is 183 g/mol. The molecule has 1 aliphatic rings. The third kappa shape index (κ3) is 1.84. The van der Waals surface area contributed by atoms with Crippen LogP contribution in [0.5, 0.6) is 0 Å². The summed E-state index contributed by atoms with van der Waals surface area (Å²) in [5.41, 5.74) is 0. The standard InChI is InChI=1S/C9H13NOS/c1-6(11)4-8-5-10-9(12-8)7-2-3-7/h5-7,11H,2-4H2,1H3. The van der Waals surface area contributed by atoms with Crippen LogP contribution < -0.4 is 0 Å². The molecule has 0 aromatic carbocycles. The molecule has 0 spiro atoms. The molecule has 12 heavy (non-hydrogen) atoms. The van der Waals surface area contributed by atoms with Crippen LogP contribution in [-0.4, -0.2) is 16.2 Å². The third-order valence-corrected chi connectivity index (χ3v) is 3.18. The maximum atomic E-state index is 9.15. The van der Waals surface area contributed by atoms with Crippen molar-refractivity contribution >= 4 is 11.3 Å². The van der Waals surface area contributed by atoms with Gasteiger partial charge in [0.2, 0.25) is 0 Å². The van der Waals surface area contributed by atoms with E-state index in [-0.39, 0.29) is 6.10 Å². The zero-order chi connectivity index (χ0) is 8.55. The summed E-state index contributed by atoms with van der Waals surface area (Å²) in [6.07, 6.45) is 5.04. The minimum Gasteiger partial charge on any atom is -0.393 e. The van der Waals surface area contributed by atoms with E-state index in [1.54, 1.807) is 11.3 Å². The quantitative estimate of drug-likeness (QED) is 0.777. The Hall–Kier alpha value is -0.410. The van der Waals surface area contributed by atoms with Gasteiger partial charge in [-0.2, -0.15) is 0 Å². The van der Waals surface area contributed by atoms with Crippen molar-refractivity contribution in [2.75, 3.05) is 0 Å². The van der Waals surface area contributed by atoms with Crippen LogP contribution in [0, 0.1) is 0 Å². The maximum Gasteiger partial charge on any atom is 0.0958 e. The normalized spacial score (nSPS) is 19.5. The molecule has 66 valence electrons. The molecule has 1 unspecified atom stereocenters. The fourth-order valence-electron chi connectivity index (χ4n) is 1.23. The molecule has 1 atom stereocenters. The number of aromatic nitrogens is 1. The first-order valence-corrected chi connectivity index (χ1v) is 5.20. The Morgan fingerprint density at radius 2 is 2.50 bits per heavy atom. The van der Waals surface area contributed by atoms with Crippen molar-refractivity contribution in [3.63, 3.8) is 0 Å². The van der Waals surface area contributed by atoms with Crippen molar-refractivity contribution in [3.05, 3.63) is 16.1 Å². The van der Waals surface area contributed by atoms with E-state index in [1.165, 1.54) is 22.7 Å². The number of aliphatic hydroxyl groups excluding tert-OH is 1. The lowest BCUT2D eigenvalue weighted by Crippen LogP contribution is -2.01. The van der Waals surface area contributed by atoms with Gasteiger partial charge in [-0.05, 0) is 19.8 Å². The molecule has 3 heteroatoms. The van der Waals surface area contributed by atoms with Crippen LogP contribution in [0.25, 0.3) is 0 Å². The zero-order valence-corrected chi connectivity index (χ0v) is 7.97. The first-order chi connectivity index (χ1) is 5.75. The summed E-state index contributed by atoms with van der Waals surface area (Å²) in [5, 5.41) is 10.4. The number of nitrogens with zero attached hydrogens (tertiary/aromatic N) is 1. The SMILES string of the molecule is CC(O)Cc1cnc(C2CC2)s1. The van der Waals surface area contributed by atoms with E-state index in [0.717, 1.165) is 12.3 Å². The highest BCUT2D eigenvalue weighted by Crippen LogP contribution is 2.41. The highest BCUT2D eigenvalue weighted by molar-refractivity contribution is 7.11. The second kappa shape index (κ2) is 3.15. The van der Waals surface area contributed by atoms with Crippen molar-refractivity contribution in [2.24, 2.45) is 0 Å². The first kappa shape index (κ1) is 8.20. The Kier molecular flexibility index (Phi) is 2.15. The molecule has 1 saturated carbocycles. The summed E-state index contributed by atoms with van der Waals surface area (Å²) in [6, 6.07) is 0. The third-order valence-electron chi connectivity index (χ3n) is 1.99. The number of rotatable bonds is 3. The van der Waals surface area contributed by atoms with Crippen molar-refractivity contribution in [1.29, 1.82) is 0 Å². The van der Waals surface area contributed by atoms with Crippen molar-refractivity contribution in [3.8, 4) is 0 Å². The molecule has 1 aliphatic carbocycles. The van der Waals surface area contributed by atoms with E-state index in [0.29, 0.717) is 0 Å². The second-order valence-corrected chi connectivity index (χ2v) is 4.64. The van der Waals surface area contributed by atoms with Gasteiger partial charge >= 0.3 is 0 Å². The molecular weight excluding hydrogens is 170 g/mol. The van der Waals surface area contributed by atoms with Gasteiger partial charge in [-0.15, -0.1) is 11.3 Å². The van der Waals surface area contributed by atoms with Gasteiger partial charge < -0.3 is 5.11 Å². The van der Waals surface area contributed by atoms with Gasteiger partial charge in [0.1, 0.15) is 0 Å². The van der Waals surface area contributed by atoms with E-state index in [4.69, 9.17) is 5.11 Å². The van der Waals surface area contributed by atoms with Gasteiger partial charge in [0, 0.05) is 23.4 Å². The van der Waals surface area contributed by atoms with E-state index in [1.807, 2.05) is 13.1 Å². The first-order valence-electron chi connectivity index (χ1n) is 4.38. The van der Waals surface area contributed by atoms with E-state index >= 15 is 0 Å². The molecule has 1 aromatic heterocycles. The summed E-state index contributed by atoms with van der Waals surface area (Å²) >= 11 is 1.76. The molecule has 1 aromatic rings. The lowest BCUT2D eigenvalue weighted by molar-refractivity contribution is 0.196. The van der Waals surface area contributed by atoms with Gasteiger partial charge in [-0.3, -0.25) is 0 Å². The largest absolute Gasteiger partial charge is 0.393 e. The van der Waals surface area contributed by atoms with Gasteiger partial charge in [0.15, 0.2) is 0 Å². The van der Waals surface area contributed by atoms with Gasteiger partial charge in [0.05, 0.1) is 11.1 Å². The zero-order valence-electron chi connectivity index (χ0n) is 7.16. The van der Waals surface area contributed by atoms with E-state index in [9.17, 15) is 0 Å². The number of thiazole rings is 1. The summed E-state index contributed by atoms with van der Waals surface area (Å²) in [7, 11) is 0. The molecule has 0 radical (unpaired) electrons. The minimum atomic E-state index is -0.238. The Morgan fingerprint density at radius 3 is 3.08 bits per heavy atom. The number of hydrogen-bond donors (Lipinski definition) is 1. The van der Waals surface area contributed by atoms with Crippen LogP contribution in [0.3, 0.4) is 0 Å². The van der Waals surface area contributed by atoms with Crippen LogP contribution in [0.4, 0.5) is 0 Å². The Bertz CT molecular complexity index is 265. The van der Waals surface area contributed by atoms with Gasteiger partial charge in [-0.1, -0.05) is 0 Å². The van der Waals surface area contributed by atoms with Crippen LogP contribution >= 0.6 is 11.3 Å². The Balaban J connectivity index is 2.03. The number of hydrogen-bond acceptors (Lipinski definition) is 3. The molecule has 0 amide bonds. The van der Waals surface area contributed by atoms with E-state index in [2.05, 4.69) is 4.98 Å². The lowest BCUT2D eigenvalue weighted by Gasteiger charge is -1.97. The molecular formula is C9H13NOS. The predicted molar refractivity (Wildman–Crippen MR) is 49.5 cm³/mol. The summed E-state index contributed by atoms with van der Waals surface area (Å²) in [4.78, 5) is 5.55. The van der Waals surface area contributed by atoms with Crippen LogP contribution in [0.1, 0.15) is 35.6 Å². The van der Waals surface area contributed by atoms with E-state index < -0.39 is 0 Å². The van der Waals surface area contributed by atoms with Crippen molar-refractivity contribution in [2.45, 2.75) is 38.2 Å². The minimum absolute atomic E-state index is 0.238. The average Bonchev–Trinajstić information content (AvgIpc) is 2.73. The smallest absolute Gasteiger partial charge is 0.0958 e. The van der Waals surface area contributed by atoms with Crippen LogP contribution in [0.15, 0.2) is 6.20 Å². The number of aliphatic hydroxyl groups is 1. The van der Waals surface area contributed by atoms with Crippen LogP contribution in [0.2, 0.25) is 0 Å². The summed E-state index contributed by atoms with van der Waals surface area (Å²) in [5.74, 6) is 0.748. The van der Waals surface area contributed by atoms with Crippen LogP contribution in [-0.2, 0) is 6.42 Å². The predicted octanol–water partition coefficient (Wildman–Crippen LogP) is 1.94. The molecule has 0 saturated heterocycles. The maximum absolute atomic E-state index is 9.15. The lowest BCUT2D eigenvalue weighted by atomic mass is 10.3. The Labute approximate surface area is 76.3 Å².